The number of ether oxygens (including phenoxy) is 4. The van der Waals surface area contributed by atoms with Gasteiger partial charge in [0.1, 0.15) is 23.9 Å². The molecule has 7 nitrogen and oxygen atoms in total. The van der Waals surface area contributed by atoms with E-state index >= 15 is 0 Å². The Hall–Kier alpha value is -3.49. The number of aromatic nitrogens is 3. The van der Waals surface area contributed by atoms with Gasteiger partial charge in [-0.25, -0.2) is 0 Å². The molecule has 0 aliphatic heterocycles. The van der Waals surface area contributed by atoms with Crippen molar-refractivity contribution >= 4 is 11.8 Å². The number of methoxy groups -OCH3 is 2. The van der Waals surface area contributed by atoms with Crippen molar-refractivity contribution in [3.63, 3.8) is 0 Å². The van der Waals surface area contributed by atoms with Gasteiger partial charge < -0.3 is 23.5 Å². The lowest BCUT2D eigenvalue weighted by Crippen LogP contribution is -2.12. The van der Waals surface area contributed by atoms with Crippen LogP contribution in [0.1, 0.15) is 5.82 Å². The van der Waals surface area contributed by atoms with Crippen molar-refractivity contribution in [1.82, 2.24) is 14.8 Å². The first-order valence-electron chi connectivity index (χ1n) is 11.4. The summed E-state index contributed by atoms with van der Waals surface area (Å²) in [6.07, 6.45) is 0. The summed E-state index contributed by atoms with van der Waals surface area (Å²) in [5.74, 6) is 3.90. The summed E-state index contributed by atoms with van der Waals surface area (Å²) in [6, 6.07) is 25.8. The van der Waals surface area contributed by atoms with Crippen molar-refractivity contribution in [3.05, 3.63) is 84.7 Å². The molecule has 0 bridgehead atoms. The van der Waals surface area contributed by atoms with Crippen LogP contribution in [-0.4, -0.2) is 48.0 Å². The topological polar surface area (TPSA) is 67.6 Å². The molecule has 3 aromatic carbocycles. The number of nitrogens with zero attached hydrogens (tertiary/aromatic N) is 3. The fraction of sp³-hybridized carbons (Fsp3) is 0.259. The van der Waals surface area contributed by atoms with E-state index in [9.17, 15) is 0 Å². The SMILES string of the molecule is COCCn1c(COc2ccccc2-c2ccccc2)nnc1SCCOc1ccc(OC)cc1. The molecule has 8 heteroatoms. The lowest BCUT2D eigenvalue weighted by Gasteiger charge is -2.13. The third-order valence-corrected chi connectivity index (χ3v) is 6.21. The van der Waals surface area contributed by atoms with Crippen LogP contribution in [0.4, 0.5) is 0 Å². The number of para-hydroxylation sites is 1. The Labute approximate surface area is 210 Å². The Kier molecular flexibility index (Phi) is 9.03. The molecule has 35 heavy (non-hydrogen) atoms. The first kappa shape index (κ1) is 24.6. The molecule has 0 fully saturated rings. The normalized spacial score (nSPS) is 10.8. The quantitative estimate of drug-likeness (QED) is 0.184. The van der Waals surface area contributed by atoms with Crippen molar-refractivity contribution in [1.29, 1.82) is 0 Å². The largest absolute Gasteiger partial charge is 0.497 e. The van der Waals surface area contributed by atoms with Crippen molar-refractivity contribution < 1.29 is 18.9 Å². The highest BCUT2D eigenvalue weighted by Gasteiger charge is 2.14. The lowest BCUT2D eigenvalue weighted by atomic mass is 10.1. The van der Waals surface area contributed by atoms with Crippen LogP contribution in [0.3, 0.4) is 0 Å². The minimum absolute atomic E-state index is 0.309. The van der Waals surface area contributed by atoms with E-state index in [0.29, 0.717) is 26.4 Å². The summed E-state index contributed by atoms with van der Waals surface area (Å²) in [6.45, 7) is 2.06. The monoisotopic (exact) mass is 491 g/mol. The van der Waals surface area contributed by atoms with E-state index in [-0.39, 0.29) is 0 Å². The van der Waals surface area contributed by atoms with Crippen LogP contribution in [0.5, 0.6) is 17.2 Å². The molecule has 0 N–H and O–H groups in total. The van der Waals surface area contributed by atoms with E-state index in [0.717, 1.165) is 45.1 Å². The summed E-state index contributed by atoms with van der Waals surface area (Å²) in [7, 11) is 3.33. The molecule has 0 saturated heterocycles. The molecule has 0 atom stereocenters. The molecule has 0 amide bonds. The average molecular weight is 492 g/mol. The molecule has 0 saturated carbocycles. The molecule has 0 radical (unpaired) electrons. The zero-order valence-corrected chi connectivity index (χ0v) is 20.7. The third-order valence-electron chi connectivity index (χ3n) is 5.28. The highest BCUT2D eigenvalue weighted by molar-refractivity contribution is 7.99. The Balaban J connectivity index is 1.38. The van der Waals surface area contributed by atoms with E-state index in [1.807, 2.05) is 65.2 Å². The van der Waals surface area contributed by atoms with E-state index in [1.54, 1.807) is 26.0 Å². The van der Waals surface area contributed by atoms with Crippen molar-refractivity contribution in [2.75, 3.05) is 33.2 Å². The van der Waals surface area contributed by atoms with E-state index in [2.05, 4.69) is 28.4 Å². The molecular weight excluding hydrogens is 462 g/mol. The Bertz CT molecular complexity index is 1180. The van der Waals surface area contributed by atoms with E-state index in [1.165, 1.54) is 0 Å². The maximum atomic E-state index is 6.21. The van der Waals surface area contributed by atoms with Crippen LogP contribution >= 0.6 is 11.8 Å². The summed E-state index contributed by atoms with van der Waals surface area (Å²) < 4.78 is 24.6. The minimum Gasteiger partial charge on any atom is -0.497 e. The first-order chi connectivity index (χ1) is 17.3. The summed E-state index contributed by atoms with van der Waals surface area (Å²) in [5, 5.41) is 9.61. The van der Waals surface area contributed by atoms with Crippen molar-refractivity contribution in [2.24, 2.45) is 0 Å². The molecule has 1 aromatic heterocycles. The molecular formula is C27H29N3O4S. The molecule has 1 heterocycles. The molecule has 0 aliphatic carbocycles. The fourth-order valence-corrected chi connectivity index (χ4v) is 4.30. The van der Waals surface area contributed by atoms with Crippen LogP contribution in [0.25, 0.3) is 11.1 Å². The number of hydrogen-bond donors (Lipinski definition) is 0. The summed E-state index contributed by atoms with van der Waals surface area (Å²) >= 11 is 1.60. The zero-order valence-electron chi connectivity index (χ0n) is 19.9. The van der Waals surface area contributed by atoms with Crippen LogP contribution < -0.4 is 14.2 Å². The van der Waals surface area contributed by atoms with E-state index < -0.39 is 0 Å². The third kappa shape index (κ3) is 6.77. The van der Waals surface area contributed by atoms with Crippen LogP contribution in [0.15, 0.2) is 84.0 Å². The van der Waals surface area contributed by atoms with Crippen LogP contribution in [0.2, 0.25) is 0 Å². The van der Waals surface area contributed by atoms with Gasteiger partial charge in [-0.05, 0) is 35.9 Å². The predicted molar refractivity (Wildman–Crippen MR) is 137 cm³/mol. The maximum Gasteiger partial charge on any atom is 0.191 e. The number of hydrogen-bond acceptors (Lipinski definition) is 7. The van der Waals surface area contributed by atoms with Gasteiger partial charge in [0.2, 0.25) is 0 Å². The Morgan fingerprint density at radius 2 is 1.51 bits per heavy atom. The van der Waals surface area contributed by atoms with Crippen molar-refractivity contribution in [3.8, 4) is 28.4 Å². The molecule has 0 aliphatic rings. The number of thioether (sulfide) groups is 1. The van der Waals surface area contributed by atoms with Gasteiger partial charge in [0.05, 0.1) is 20.3 Å². The standard InChI is InChI=1S/C27H29N3O4S/c1-31-17-16-30-26(20-34-25-11-7-6-10-24(25)21-8-4-3-5-9-21)28-29-27(30)35-19-18-33-23-14-12-22(32-2)13-15-23/h3-15H,16-20H2,1-2H3. The first-order valence-corrected chi connectivity index (χ1v) is 12.3. The van der Waals surface area contributed by atoms with Gasteiger partial charge in [0.25, 0.3) is 0 Å². The van der Waals surface area contributed by atoms with Gasteiger partial charge in [-0.1, -0.05) is 60.3 Å². The summed E-state index contributed by atoms with van der Waals surface area (Å²) in [5.41, 5.74) is 2.15. The second kappa shape index (κ2) is 12.8. The lowest BCUT2D eigenvalue weighted by molar-refractivity contribution is 0.181. The molecule has 0 unspecified atom stereocenters. The van der Waals surface area contributed by atoms with E-state index in [4.69, 9.17) is 18.9 Å². The number of benzene rings is 3. The molecule has 182 valence electrons. The Morgan fingerprint density at radius 1 is 0.771 bits per heavy atom. The van der Waals surface area contributed by atoms with Crippen LogP contribution in [0, 0.1) is 0 Å². The second-order valence-electron chi connectivity index (χ2n) is 7.57. The number of rotatable bonds is 13. The van der Waals surface area contributed by atoms with Crippen molar-refractivity contribution in [2.45, 2.75) is 18.3 Å². The highest BCUT2D eigenvalue weighted by Crippen LogP contribution is 2.30. The van der Waals surface area contributed by atoms with Gasteiger partial charge >= 0.3 is 0 Å². The predicted octanol–water partition coefficient (Wildman–Crippen LogP) is 5.35. The van der Waals surface area contributed by atoms with Gasteiger partial charge in [-0.2, -0.15) is 0 Å². The molecule has 4 aromatic rings. The molecule has 4 rings (SSSR count). The fourth-order valence-electron chi connectivity index (χ4n) is 3.50. The maximum absolute atomic E-state index is 6.21. The minimum atomic E-state index is 0.309. The van der Waals surface area contributed by atoms with Gasteiger partial charge in [-0.15, -0.1) is 10.2 Å². The Morgan fingerprint density at radius 3 is 2.29 bits per heavy atom. The average Bonchev–Trinajstić information content (AvgIpc) is 3.31. The zero-order chi connectivity index (χ0) is 24.3. The highest BCUT2D eigenvalue weighted by atomic mass is 32.2. The smallest absolute Gasteiger partial charge is 0.191 e. The van der Waals surface area contributed by atoms with Gasteiger partial charge in [0.15, 0.2) is 11.0 Å². The van der Waals surface area contributed by atoms with Gasteiger partial charge in [-0.3, -0.25) is 0 Å². The van der Waals surface area contributed by atoms with Gasteiger partial charge in [0, 0.05) is 25.0 Å². The van der Waals surface area contributed by atoms with Crippen LogP contribution in [-0.2, 0) is 17.9 Å². The second-order valence-corrected chi connectivity index (χ2v) is 8.63. The molecule has 0 spiro atoms. The summed E-state index contributed by atoms with van der Waals surface area (Å²) in [4.78, 5) is 0.